The van der Waals surface area contributed by atoms with Crippen LogP contribution in [0, 0.1) is 0 Å². The summed E-state index contributed by atoms with van der Waals surface area (Å²) in [6, 6.07) is 1.33. The number of rotatable bonds is 5. The standard InChI is InChI=1S/C19H31N5O4/c1-19(2,3)28-18(26)20-15-7-9-24-16(22(4)17(15)25)10-13(21-24)6-8-23-11-14(12-23)27-5/h10,14-15H,6-9,11-12H2,1-5H3,(H,20,26). The van der Waals surface area contributed by atoms with Crippen LogP contribution in [-0.4, -0.2) is 78.2 Å². The molecule has 1 atom stereocenters. The van der Waals surface area contributed by atoms with Crippen molar-refractivity contribution in [1.82, 2.24) is 20.0 Å². The second-order valence-electron chi connectivity index (χ2n) is 8.47. The molecule has 3 rings (SSSR count). The minimum absolute atomic E-state index is 0.165. The molecule has 156 valence electrons. The van der Waals surface area contributed by atoms with Crippen molar-refractivity contribution in [2.45, 2.75) is 57.9 Å². The summed E-state index contributed by atoms with van der Waals surface area (Å²) >= 11 is 0. The second-order valence-corrected chi connectivity index (χ2v) is 8.47. The number of methoxy groups -OCH3 is 1. The fourth-order valence-electron chi connectivity index (χ4n) is 3.45. The van der Waals surface area contributed by atoms with Gasteiger partial charge in [0.1, 0.15) is 17.5 Å². The van der Waals surface area contributed by atoms with Gasteiger partial charge in [0.25, 0.3) is 5.91 Å². The number of carbonyl (C=O) groups excluding carboxylic acids is 2. The number of alkyl carbamates (subject to hydrolysis) is 1. The Hall–Kier alpha value is -2.13. The van der Waals surface area contributed by atoms with Crippen molar-refractivity contribution in [2.24, 2.45) is 0 Å². The summed E-state index contributed by atoms with van der Waals surface area (Å²) in [6.07, 6.45) is 1.07. The number of carbonyl (C=O) groups is 2. The Morgan fingerprint density at radius 1 is 1.36 bits per heavy atom. The highest BCUT2D eigenvalue weighted by molar-refractivity contribution is 5.98. The average Bonchev–Trinajstić information content (AvgIpc) is 2.93. The Balaban J connectivity index is 1.58. The first-order valence-electron chi connectivity index (χ1n) is 9.75. The van der Waals surface area contributed by atoms with E-state index >= 15 is 0 Å². The third-order valence-corrected chi connectivity index (χ3v) is 5.04. The summed E-state index contributed by atoms with van der Waals surface area (Å²) in [5.74, 6) is 0.591. The number of fused-ring (bicyclic) bond motifs is 1. The molecule has 3 heterocycles. The van der Waals surface area contributed by atoms with Crippen molar-refractivity contribution in [1.29, 1.82) is 0 Å². The summed E-state index contributed by atoms with van der Waals surface area (Å²) in [4.78, 5) is 28.7. The summed E-state index contributed by atoms with van der Waals surface area (Å²) in [7, 11) is 3.46. The maximum Gasteiger partial charge on any atom is 0.408 e. The zero-order valence-electron chi connectivity index (χ0n) is 17.4. The largest absolute Gasteiger partial charge is 0.444 e. The minimum Gasteiger partial charge on any atom is -0.444 e. The van der Waals surface area contributed by atoms with Crippen LogP contribution in [0.2, 0.25) is 0 Å². The number of hydrogen-bond acceptors (Lipinski definition) is 6. The van der Waals surface area contributed by atoms with Crippen LogP contribution in [0.15, 0.2) is 6.07 Å². The van der Waals surface area contributed by atoms with Gasteiger partial charge in [0.05, 0.1) is 11.8 Å². The molecule has 1 aromatic heterocycles. The number of hydrogen-bond donors (Lipinski definition) is 1. The van der Waals surface area contributed by atoms with Crippen molar-refractivity contribution in [3.63, 3.8) is 0 Å². The highest BCUT2D eigenvalue weighted by atomic mass is 16.6. The molecule has 2 amide bonds. The Labute approximate surface area is 165 Å². The number of aromatic nitrogens is 2. The molecule has 9 nitrogen and oxygen atoms in total. The average molecular weight is 393 g/mol. The number of nitrogens with zero attached hydrogens (tertiary/aromatic N) is 4. The fraction of sp³-hybridized carbons (Fsp3) is 0.737. The molecule has 0 saturated carbocycles. The highest BCUT2D eigenvalue weighted by Gasteiger charge is 2.32. The van der Waals surface area contributed by atoms with Gasteiger partial charge in [-0.25, -0.2) is 9.48 Å². The first-order valence-corrected chi connectivity index (χ1v) is 9.75. The number of ether oxygens (including phenoxy) is 2. The quantitative estimate of drug-likeness (QED) is 0.803. The van der Waals surface area contributed by atoms with Gasteiger partial charge in [0.2, 0.25) is 0 Å². The fourth-order valence-corrected chi connectivity index (χ4v) is 3.45. The van der Waals surface area contributed by atoms with Crippen molar-refractivity contribution in [2.75, 3.05) is 38.7 Å². The Morgan fingerprint density at radius 3 is 2.71 bits per heavy atom. The van der Waals surface area contributed by atoms with Crippen LogP contribution in [0.25, 0.3) is 0 Å². The third-order valence-electron chi connectivity index (χ3n) is 5.04. The summed E-state index contributed by atoms with van der Waals surface area (Å²) in [6.45, 7) is 8.78. The van der Waals surface area contributed by atoms with Gasteiger partial charge in [-0.1, -0.05) is 0 Å². The molecule has 0 aromatic carbocycles. The zero-order chi connectivity index (χ0) is 20.5. The Morgan fingerprint density at radius 2 is 2.07 bits per heavy atom. The second kappa shape index (κ2) is 8.08. The van der Waals surface area contributed by atoms with E-state index < -0.39 is 17.7 Å². The van der Waals surface area contributed by atoms with E-state index in [2.05, 4.69) is 15.3 Å². The maximum absolute atomic E-state index is 12.8. The molecule has 9 heteroatoms. The van der Waals surface area contributed by atoms with Crippen LogP contribution in [0.1, 0.15) is 32.9 Å². The molecule has 2 aliphatic rings. The molecule has 0 radical (unpaired) electrons. The smallest absolute Gasteiger partial charge is 0.408 e. The Bertz CT molecular complexity index is 720. The number of amides is 2. The molecule has 1 aromatic rings. The number of nitrogens with one attached hydrogen (secondary N) is 1. The number of likely N-dealkylation sites (N-methyl/N-ethyl adjacent to an activating group) is 1. The van der Waals surface area contributed by atoms with Gasteiger partial charge >= 0.3 is 6.09 Å². The van der Waals surface area contributed by atoms with E-state index in [4.69, 9.17) is 9.47 Å². The first-order chi connectivity index (χ1) is 13.2. The summed E-state index contributed by atoms with van der Waals surface area (Å²) < 4.78 is 12.4. The number of likely N-dealkylation sites (tertiary alicyclic amines) is 1. The van der Waals surface area contributed by atoms with Gasteiger partial charge in [0, 0.05) is 52.8 Å². The SMILES string of the molecule is COC1CN(CCc2cc3n(n2)CCC(NC(=O)OC(C)(C)C)C(=O)N3C)C1. The third kappa shape index (κ3) is 4.82. The van der Waals surface area contributed by atoms with Crippen LogP contribution >= 0.6 is 0 Å². The molecule has 2 aliphatic heterocycles. The summed E-state index contributed by atoms with van der Waals surface area (Å²) in [5.41, 5.74) is 0.361. The van der Waals surface area contributed by atoms with E-state index in [-0.39, 0.29) is 5.91 Å². The molecule has 1 saturated heterocycles. The molecule has 0 bridgehead atoms. The lowest BCUT2D eigenvalue weighted by molar-refractivity contribution is -0.120. The highest BCUT2D eigenvalue weighted by Crippen LogP contribution is 2.22. The van der Waals surface area contributed by atoms with E-state index in [1.165, 1.54) is 0 Å². The van der Waals surface area contributed by atoms with Crippen molar-refractivity contribution < 1.29 is 19.1 Å². The lowest BCUT2D eigenvalue weighted by atomic mass is 10.1. The topological polar surface area (TPSA) is 88.9 Å². The van der Waals surface area contributed by atoms with Gasteiger partial charge in [-0.3, -0.25) is 14.6 Å². The van der Waals surface area contributed by atoms with Crippen LogP contribution in [0.5, 0.6) is 0 Å². The lowest BCUT2D eigenvalue weighted by Gasteiger charge is -2.37. The molecular weight excluding hydrogens is 362 g/mol. The van der Waals surface area contributed by atoms with E-state index in [0.29, 0.717) is 19.1 Å². The summed E-state index contributed by atoms with van der Waals surface area (Å²) in [5, 5.41) is 7.35. The minimum atomic E-state index is -0.628. The van der Waals surface area contributed by atoms with Crippen molar-refractivity contribution in [3.05, 3.63) is 11.8 Å². The molecular formula is C19H31N5O4. The van der Waals surface area contributed by atoms with E-state index in [9.17, 15) is 9.59 Å². The van der Waals surface area contributed by atoms with Gasteiger partial charge in [-0.2, -0.15) is 5.10 Å². The maximum atomic E-state index is 12.8. The van der Waals surface area contributed by atoms with E-state index in [0.717, 1.165) is 37.6 Å². The van der Waals surface area contributed by atoms with E-state index in [1.807, 2.05) is 10.7 Å². The predicted molar refractivity (Wildman–Crippen MR) is 104 cm³/mol. The molecule has 1 N–H and O–H groups in total. The van der Waals surface area contributed by atoms with Crippen LogP contribution in [0.3, 0.4) is 0 Å². The molecule has 28 heavy (non-hydrogen) atoms. The molecule has 0 aliphatic carbocycles. The van der Waals surface area contributed by atoms with Crippen molar-refractivity contribution in [3.8, 4) is 0 Å². The number of aryl methyl sites for hydroxylation is 1. The predicted octanol–water partition coefficient (Wildman–Crippen LogP) is 1.02. The van der Waals surface area contributed by atoms with Gasteiger partial charge < -0.3 is 14.8 Å². The lowest BCUT2D eigenvalue weighted by Crippen LogP contribution is -2.52. The van der Waals surface area contributed by atoms with Gasteiger partial charge in [-0.05, 0) is 27.2 Å². The number of anilines is 1. The molecule has 1 unspecified atom stereocenters. The molecule has 1 fully saturated rings. The first kappa shape index (κ1) is 20.6. The monoisotopic (exact) mass is 393 g/mol. The van der Waals surface area contributed by atoms with E-state index in [1.54, 1.807) is 39.8 Å². The zero-order valence-corrected chi connectivity index (χ0v) is 17.4. The van der Waals surface area contributed by atoms with Gasteiger partial charge in [-0.15, -0.1) is 0 Å². The Kier molecular flexibility index (Phi) is 5.95. The van der Waals surface area contributed by atoms with Crippen molar-refractivity contribution >= 4 is 17.8 Å². The van der Waals surface area contributed by atoms with Crippen LogP contribution in [0.4, 0.5) is 10.6 Å². The van der Waals surface area contributed by atoms with Crippen LogP contribution < -0.4 is 10.2 Å². The molecule has 0 spiro atoms. The van der Waals surface area contributed by atoms with Gasteiger partial charge in [0.15, 0.2) is 0 Å². The normalized spacial score (nSPS) is 21.1. The van der Waals surface area contributed by atoms with Crippen LogP contribution in [-0.2, 0) is 27.2 Å².